The average molecular weight is 653 g/mol. The van der Waals surface area contributed by atoms with Crippen LogP contribution in [0.4, 0.5) is 0 Å². The minimum absolute atomic E-state index is 0.357. The molecule has 8 nitrogen and oxygen atoms in total. The van der Waals surface area contributed by atoms with Gasteiger partial charge in [0.05, 0.1) is 17.4 Å². The fraction of sp³-hybridized carbons (Fsp3) is 0.486. The summed E-state index contributed by atoms with van der Waals surface area (Å²) in [5.74, 6) is 0.365. The number of unbranched alkanes of at least 4 members (excludes halogenated alkanes) is 1. The van der Waals surface area contributed by atoms with Crippen LogP contribution in [0.1, 0.15) is 58.4 Å². The third kappa shape index (κ3) is 11.3. The van der Waals surface area contributed by atoms with Gasteiger partial charge in [-0.1, -0.05) is 74.9 Å². The van der Waals surface area contributed by atoms with Gasteiger partial charge in [0.2, 0.25) is 0 Å². The van der Waals surface area contributed by atoms with Gasteiger partial charge < -0.3 is 19.1 Å². The van der Waals surface area contributed by atoms with Crippen LogP contribution < -0.4 is 10.2 Å². The summed E-state index contributed by atoms with van der Waals surface area (Å²) in [6.45, 7) is 9.38. The number of hydrogen-bond donors (Lipinski definition) is 1. The Morgan fingerprint density at radius 1 is 0.913 bits per heavy atom. The van der Waals surface area contributed by atoms with Crippen LogP contribution in [0.2, 0.25) is 0 Å². The molecular formula is C37H52N2O6S. The van der Waals surface area contributed by atoms with Crippen LogP contribution in [-0.2, 0) is 36.3 Å². The number of hydroxylamine groups is 1. The summed E-state index contributed by atoms with van der Waals surface area (Å²) in [4.78, 5) is 21.9. The minimum atomic E-state index is -1.57. The van der Waals surface area contributed by atoms with Crippen LogP contribution in [0.3, 0.4) is 0 Å². The Bertz CT molecular complexity index is 1310. The van der Waals surface area contributed by atoms with E-state index in [2.05, 4.69) is 77.5 Å². The summed E-state index contributed by atoms with van der Waals surface area (Å²) in [5.41, 5.74) is 6.29. The Morgan fingerprint density at radius 3 is 2.24 bits per heavy atom. The molecule has 252 valence electrons. The van der Waals surface area contributed by atoms with Gasteiger partial charge in [0.25, 0.3) is 5.91 Å². The second-order valence-electron chi connectivity index (χ2n) is 11.4. The quantitative estimate of drug-likeness (QED) is 0.104. The summed E-state index contributed by atoms with van der Waals surface area (Å²) in [7, 11) is 1.68. The van der Waals surface area contributed by atoms with Gasteiger partial charge in [-0.25, -0.2) is 10.3 Å². The topological polar surface area (TPSA) is 86.3 Å². The van der Waals surface area contributed by atoms with Crippen molar-refractivity contribution in [1.82, 2.24) is 10.4 Å². The molecule has 1 aliphatic heterocycles. The Morgan fingerprint density at radius 2 is 1.59 bits per heavy atom. The Balaban J connectivity index is 0.00000185. The number of ether oxygens (including phenoxy) is 3. The lowest BCUT2D eigenvalue weighted by molar-refractivity contribution is -0.182. The van der Waals surface area contributed by atoms with Crippen LogP contribution in [-0.4, -0.2) is 73.1 Å². The molecule has 0 saturated carbocycles. The van der Waals surface area contributed by atoms with Crippen molar-refractivity contribution in [3.63, 3.8) is 0 Å². The lowest BCUT2D eigenvalue weighted by Crippen LogP contribution is -2.56. The zero-order valence-electron chi connectivity index (χ0n) is 28.2. The first-order chi connectivity index (χ1) is 22.4. The number of methoxy groups -OCH3 is 1. The third-order valence-electron chi connectivity index (χ3n) is 8.00. The number of amides is 1. The number of benzene rings is 3. The highest BCUT2D eigenvalue weighted by molar-refractivity contribution is 7.87. The third-order valence-corrected chi connectivity index (χ3v) is 10.0. The number of rotatable bonds is 16. The maximum atomic E-state index is 14.0. The molecule has 46 heavy (non-hydrogen) atoms. The maximum Gasteiger partial charge on any atom is 0.262 e. The first-order valence-electron chi connectivity index (χ1n) is 16.4. The van der Waals surface area contributed by atoms with Crippen molar-refractivity contribution in [2.75, 3.05) is 47.1 Å². The van der Waals surface area contributed by atoms with E-state index in [9.17, 15) is 9.00 Å². The zero-order chi connectivity index (χ0) is 33.2. The van der Waals surface area contributed by atoms with Gasteiger partial charge in [0, 0.05) is 38.8 Å². The summed E-state index contributed by atoms with van der Waals surface area (Å²) in [5, 5.41) is 0. The van der Waals surface area contributed by atoms with E-state index in [-0.39, 0.29) is 5.91 Å². The number of carbonyl (C=O) groups is 1. The molecule has 9 heteroatoms. The van der Waals surface area contributed by atoms with Crippen LogP contribution >= 0.6 is 0 Å². The molecule has 3 aromatic rings. The smallest absolute Gasteiger partial charge is 0.262 e. The molecule has 1 saturated heterocycles. The van der Waals surface area contributed by atoms with Crippen molar-refractivity contribution in [3.8, 4) is 16.9 Å². The Kier molecular flexibility index (Phi) is 16.4. The number of aryl methyl sites for hydroxylation is 1. The molecule has 1 amide bonds. The van der Waals surface area contributed by atoms with Crippen LogP contribution in [0, 0.1) is 0 Å². The molecule has 3 aromatic carbocycles. The van der Waals surface area contributed by atoms with Crippen molar-refractivity contribution >= 4 is 16.7 Å². The molecule has 1 fully saturated rings. The van der Waals surface area contributed by atoms with Crippen molar-refractivity contribution in [2.45, 2.75) is 75.2 Å². The van der Waals surface area contributed by atoms with Gasteiger partial charge in [-0.15, -0.1) is 0 Å². The van der Waals surface area contributed by atoms with Crippen molar-refractivity contribution in [1.29, 1.82) is 0 Å². The molecule has 2 atom stereocenters. The van der Waals surface area contributed by atoms with E-state index in [1.807, 2.05) is 30.3 Å². The van der Waals surface area contributed by atoms with E-state index in [4.69, 9.17) is 14.3 Å². The summed E-state index contributed by atoms with van der Waals surface area (Å²) in [6, 6.07) is 26.3. The lowest BCUT2D eigenvalue weighted by Gasteiger charge is -2.39. The zero-order valence-corrected chi connectivity index (χ0v) is 29.0. The standard InChI is InChI=1S/C35H46N2O5S.C2H6O/c1-4-6-25-40-28(3)42-36-34(38)35(21-23-37(5-2)24-22-35)43(39)33-19-17-32(18-20-33)41-26-11-13-29-12-10-16-31(27-29)30-14-8-7-9-15-30;1-3-2/h7-10,12,14-20,27-28H,4-6,11,13,21-26H2,1-3H3,(H,36,38);1-2H3. The molecule has 1 aliphatic rings. The largest absolute Gasteiger partial charge is 0.494 e. The van der Waals surface area contributed by atoms with E-state index < -0.39 is 21.8 Å². The van der Waals surface area contributed by atoms with Crippen molar-refractivity contribution in [2.24, 2.45) is 0 Å². The number of carbonyl (C=O) groups excluding carboxylic acids is 1. The summed E-state index contributed by atoms with van der Waals surface area (Å²) >= 11 is 0. The Labute approximate surface area is 278 Å². The molecular weight excluding hydrogens is 600 g/mol. The monoisotopic (exact) mass is 652 g/mol. The highest BCUT2D eigenvalue weighted by Gasteiger charge is 2.47. The molecule has 0 aromatic heterocycles. The second kappa shape index (κ2) is 20.2. The molecule has 0 radical (unpaired) electrons. The first-order valence-corrected chi connectivity index (χ1v) is 17.5. The van der Waals surface area contributed by atoms with Gasteiger partial charge in [0.1, 0.15) is 10.5 Å². The second-order valence-corrected chi connectivity index (χ2v) is 13.2. The molecule has 1 heterocycles. The molecule has 0 spiro atoms. The number of nitrogens with one attached hydrogen (secondary N) is 1. The Hall–Kier alpha value is -3.08. The fourth-order valence-electron chi connectivity index (χ4n) is 5.27. The van der Waals surface area contributed by atoms with E-state index in [0.29, 0.717) is 44.0 Å². The predicted molar refractivity (Wildman–Crippen MR) is 185 cm³/mol. The molecule has 1 N–H and O–H groups in total. The van der Waals surface area contributed by atoms with Crippen molar-refractivity contribution in [3.05, 3.63) is 84.4 Å². The molecule has 0 aliphatic carbocycles. The number of nitrogens with zero attached hydrogens (tertiary/aromatic N) is 1. The lowest BCUT2D eigenvalue weighted by atomic mass is 9.95. The van der Waals surface area contributed by atoms with Gasteiger partial charge in [0.15, 0.2) is 6.29 Å². The predicted octanol–water partition coefficient (Wildman–Crippen LogP) is 6.80. The summed E-state index contributed by atoms with van der Waals surface area (Å²) < 4.78 is 28.8. The number of hydrogen-bond acceptors (Lipinski definition) is 7. The van der Waals surface area contributed by atoms with Gasteiger partial charge >= 0.3 is 0 Å². The first kappa shape index (κ1) is 37.4. The molecule has 4 rings (SSSR count). The van der Waals surface area contributed by atoms with Crippen LogP contribution in [0.5, 0.6) is 5.75 Å². The minimum Gasteiger partial charge on any atom is -0.494 e. The molecule has 2 unspecified atom stereocenters. The van der Waals surface area contributed by atoms with Crippen LogP contribution in [0.25, 0.3) is 11.1 Å². The molecule has 0 bridgehead atoms. The average Bonchev–Trinajstić information content (AvgIpc) is 3.10. The van der Waals surface area contributed by atoms with Crippen LogP contribution in [0.15, 0.2) is 83.8 Å². The van der Waals surface area contributed by atoms with E-state index in [1.54, 1.807) is 21.1 Å². The highest BCUT2D eigenvalue weighted by Crippen LogP contribution is 2.34. The van der Waals surface area contributed by atoms with Crippen molar-refractivity contribution < 1.29 is 28.1 Å². The van der Waals surface area contributed by atoms with E-state index >= 15 is 0 Å². The SMILES string of the molecule is CCCCOC(C)ONC(=O)C1(S(=O)c2ccc(OCCCc3cccc(-c4ccccc4)c3)cc2)CCN(CC)CC1.COC. The fourth-order valence-corrected chi connectivity index (χ4v) is 6.87. The normalized spacial score (nSPS) is 15.7. The summed E-state index contributed by atoms with van der Waals surface area (Å²) in [6.07, 6.45) is 4.12. The van der Waals surface area contributed by atoms with Gasteiger partial charge in [-0.05, 0) is 86.5 Å². The van der Waals surface area contributed by atoms with E-state index in [0.717, 1.165) is 38.0 Å². The maximum absolute atomic E-state index is 14.0. The number of likely N-dealkylation sites (tertiary alicyclic amines) is 1. The number of piperidine rings is 1. The van der Waals surface area contributed by atoms with E-state index in [1.165, 1.54) is 16.7 Å². The van der Waals surface area contributed by atoms with Gasteiger partial charge in [-0.2, -0.15) is 0 Å². The highest BCUT2D eigenvalue weighted by atomic mass is 32.2. The van der Waals surface area contributed by atoms with Gasteiger partial charge in [-0.3, -0.25) is 9.00 Å².